The summed E-state index contributed by atoms with van der Waals surface area (Å²) in [4.78, 5) is 23.4. The molecule has 0 radical (unpaired) electrons. The number of carbonyl (C=O) groups is 2. The highest BCUT2D eigenvalue weighted by atomic mass is 16.4. The van der Waals surface area contributed by atoms with Crippen molar-refractivity contribution in [3.05, 3.63) is 12.2 Å². The van der Waals surface area contributed by atoms with Crippen LogP contribution in [0.2, 0.25) is 0 Å². The summed E-state index contributed by atoms with van der Waals surface area (Å²) in [6, 6.07) is -0.896. The Kier molecular flexibility index (Phi) is 4.91. The molecule has 1 unspecified atom stereocenters. The van der Waals surface area contributed by atoms with Crippen LogP contribution in [0.4, 0.5) is 0 Å². The largest absolute Gasteiger partial charge is 0.479 e. The molecule has 0 aromatic carbocycles. The second-order valence-corrected chi connectivity index (χ2v) is 3.30. The molecule has 1 atom stereocenters. The van der Waals surface area contributed by atoms with Gasteiger partial charge in [0.2, 0.25) is 5.91 Å². The molecule has 0 bridgehead atoms. The summed E-state index contributed by atoms with van der Waals surface area (Å²) in [7, 11) is 0. The molecule has 1 N–H and O–H groups in total. The lowest BCUT2D eigenvalue weighted by Crippen LogP contribution is -2.45. The molecule has 1 amide bonds. The van der Waals surface area contributed by atoms with Crippen molar-refractivity contribution < 1.29 is 14.7 Å². The Bertz CT molecular complexity index is 234. The van der Waals surface area contributed by atoms with Crippen LogP contribution in [-0.4, -0.2) is 34.5 Å². The molecular formula is C10H17NO3. The predicted molar refractivity (Wildman–Crippen MR) is 53.9 cm³/mol. The van der Waals surface area contributed by atoms with E-state index in [0.717, 1.165) is 6.42 Å². The van der Waals surface area contributed by atoms with E-state index in [-0.39, 0.29) is 5.91 Å². The van der Waals surface area contributed by atoms with E-state index in [2.05, 4.69) is 6.58 Å². The van der Waals surface area contributed by atoms with Crippen molar-refractivity contribution in [2.45, 2.75) is 33.2 Å². The second kappa shape index (κ2) is 5.42. The van der Waals surface area contributed by atoms with Crippen molar-refractivity contribution in [2.24, 2.45) is 0 Å². The summed E-state index contributed by atoms with van der Waals surface area (Å²) < 4.78 is 0. The first-order valence-electron chi connectivity index (χ1n) is 4.57. The smallest absolute Gasteiger partial charge is 0.330 e. The third kappa shape index (κ3) is 3.20. The summed E-state index contributed by atoms with van der Waals surface area (Å²) in [6.45, 7) is 8.91. The number of nitrogens with zero attached hydrogens (tertiary/aromatic N) is 1. The fraction of sp³-hybridized carbons (Fsp3) is 0.600. The minimum Gasteiger partial charge on any atom is -0.479 e. The number of hydrogen-bond donors (Lipinski definition) is 1. The molecule has 0 spiro atoms. The van der Waals surface area contributed by atoms with Crippen molar-refractivity contribution >= 4 is 11.9 Å². The lowest BCUT2D eigenvalue weighted by molar-refractivity contribution is -0.147. The van der Waals surface area contributed by atoms with E-state index in [1.54, 1.807) is 6.92 Å². The molecule has 0 heterocycles. The number of carboxylic acid groups (broad SMARTS) is 1. The molecule has 0 saturated carbocycles. The average Bonchev–Trinajstić information content (AvgIpc) is 2.01. The average molecular weight is 199 g/mol. The Morgan fingerprint density at radius 1 is 1.43 bits per heavy atom. The Morgan fingerprint density at radius 3 is 2.14 bits per heavy atom. The van der Waals surface area contributed by atoms with Gasteiger partial charge in [0.15, 0.2) is 6.04 Å². The quantitative estimate of drug-likeness (QED) is 0.678. The summed E-state index contributed by atoms with van der Waals surface area (Å²) in [5, 5.41) is 8.93. The van der Waals surface area contributed by atoms with Gasteiger partial charge in [-0.25, -0.2) is 4.79 Å². The fourth-order valence-electron chi connectivity index (χ4n) is 1.32. The Hall–Kier alpha value is -1.32. The van der Waals surface area contributed by atoms with E-state index in [0.29, 0.717) is 12.1 Å². The van der Waals surface area contributed by atoms with Gasteiger partial charge in [-0.05, 0) is 18.9 Å². The molecule has 0 fully saturated rings. The Balaban J connectivity index is 4.82. The SMILES string of the molecule is C=C(C)C(C(=O)O)N(CCC)C(C)=O. The Labute approximate surface area is 84.2 Å². The predicted octanol–water partition coefficient (Wildman–Crippen LogP) is 1.27. The van der Waals surface area contributed by atoms with E-state index < -0.39 is 12.0 Å². The van der Waals surface area contributed by atoms with Gasteiger partial charge in [-0.2, -0.15) is 0 Å². The van der Waals surface area contributed by atoms with Gasteiger partial charge in [-0.3, -0.25) is 4.79 Å². The van der Waals surface area contributed by atoms with Crippen molar-refractivity contribution in [3.8, 4) is 0 Å². The van der Waals surface area contributed by atoms with Gasteiger partial charge in [-0.1, -0.05) is 13.5 Å². The molecule has 0 aromatic rings. The number of aliphatic carboxylic acids is 1. The number of rotatable bonds is 5. The van der Waals surface area contributed by atoms with Gasteiger partial charge in [0, 0.05) is 13.5 Å². The second-order valence-electron chi connectivity index (χ2n) is 3.30. The topological polar surface area (TPSA) is 57.6 Å². The van der Waals surface area contributed by atoms with Gasteiger partial charge < -0.3 is 10.0 Å². The number of carboxylic acids is 1. The van der Waals surface area contributed by atoms with Gasteiger partial charge in [0.25, 0.3) is 0 Å². The molecule has 0 aliphatic carbocycles. The van der Waals surface area contributed by atoms with Crippen molar-refractivity contribution in [1.82, 2.24) is 4.90 Å². The number of carbonyl (C=O) groups excluding carboxylic acids is 1. The van der Waals surface area contributed by atoms with E-state index in [1.165, 1.54) is 11.8 Å². The highest BCUT2D eigenvalue weighted by Crippen LogP contribution is 2.10. The van der Waals surface area contributed by atoms with Gasteiger partial charge in [0.05, 0.1) is 0 Å². The number of amides is 1. The van der Waals surface area contributed by atoms with E-state index in [4.69, 9.17) is 5.11 Å². The first-order valence-corrected chi connectivity index (χ1v) is 4.57. The standard InChI is InChI=1S/C10H17NO3/c1-5-6-11(8(4)12)9(7(2)3)10(13)14/h9H,2,5-6H2,1,3-4H3,(H,13,14). The summed E-state index contributed by atoms with van der Waals surface area (Å²) >= 11 is 0. The van der Waals surface area contributed by atoms with Crippen LogP contribution in [0.1, 0.15) is 27.2 Å². The summed E-state index contributed by atoms with van der Waals surface area (Å²) in [5.74, 6) is -1.26. The molecule has 0 saturated heterocycles. The first-order chi connectivity index (χ1) is 6.41. The maximum absolute atomic E-state index is 11.2. The number of hydrogen-bond acceptors (Lipinski definition) is 2. The zero-order chi connectivity index (χ0) is 11.3. The van der Waals surface area contributed by atoms with Crippen LogP contribution in [0.5, 0.6) is 0 Å². The maximum Gasteiger partial charge on any atom is 0.330 e. The molecule has 4 heteroatoms. The molecule has 0 rings (SSSR count). The lowest BCUT2D eigenvalue weighted by Gasteiger charge is -2.27. The van der Waals surface area contributed by atoms with Crippen LogP contribution in [0.25, 0.3) is 0 Å². The molecule has 0 aliphatic rings. The fourth-order valence-corrected chi connectivity index (χ4v) is 1.32. The van der Waals surface area contributed by atoms with Crippen LogP contribution in [0.15, 0.2) is 12.2 Å². The monoisotopic (exact) mass is 199 g/mol. The molecule has 4 nitrogen and oxygen atoms in total. The molecule has 0 aliphatic heterocycles. The summed E-state index contributed by atoms with van der Waals surface area (Å²) in [5.41, 5.74) is 0.473. The normalized spacial score (nSPS) is 11.9. The van der Waals surface area contributed by atoms with Gasteiger partial charge in [0.1, 0.15) is 0 Å². The van der Waals surface area contributed by atoms with Crippen molar-refractivity contribution in [2.75, 3.05) is 6.54 Å². The lowest BCUT2D eigenvalue weighted by atomic mass is 10.1. The zero-order valence-corrected chi connectivity index (χ0v) is 8.91. The molecule has 14 heavy (non-hydrogen) atoms. The molecule has 0 aromatic heterocycles. The van der Waals surface area contributed by atoms with Crippen LogP contribution in [0, 0.1) is 0 Å². The maximum atomic E-state index is 11.2. The Morgan fingerprint density at radius 2 is 1.93 bits per heavy atom. The van der Waals surface area contributed by atoms with Crippen LogP contribution >= 0.6 is 0 Å². The van der Waals surface area contributed by atoms with Gasteiger partial charge in [-0.15, -0.1) is 0 Å². The molecule has 80 valence electrons. The minimum atomic E-state index is -1.03. The third-order valence-corrected chi connectivity index (χ3v) is 1.88. The highest BCUT2D eigenvalue weighted by Gasteiger charge is 2.27. The highest BCUT2D eigenvalue weighted by molar-refractivity contribution is 5.84. The van der Waals surface area contributed by atoms with E-state index in [9.17, 15) is 9.59 Å². The van der Waals surface area contributed by atoms with Crippen LogP contribution in [0.3, 0.4) is 0 Å². The first kappa shape index (κ1) is 12.7. The van der Waals surface area contributed by atoms with E-state index >= 15 is 0 Å². The third-order valence-electron chi connectivity index (χ3n) is 1.88. The van der Waals surface area contributed by atoms with Crippen LogP contribution in [-0.2, 0) is 9.59 Å². The van der Waals surface area contributed by atoms with Crippen molar-refractivity contribution in [1.29, 1.82) is 0 Å². The van der Waals surface area contributed by atoms with E-state index in [1.807, 2.05) is 6.92 Å². The van der Waals surface area contributed by atoms with Crippen molar-refractivity contribution in [3.63, 3.8) is 0 Å². The zero-order valence-electron chi connectivity index (χ0n) is 8.91. The summed E-state index contributed by atoms with van der Waals surface area (Å²) in [6.07, 6.45) is 0.733. The molecular weight excluding hydrogens is 182 g/mol. The van der Waals surface area contributed by atoms with Crippen LogP contribution < -0.4 is 0 Å². The van der Waals surface area contributed by atoms with Gasteiger partial charge >= 0.3 is 5.97 Å². The minimum absolute atomic E-state index is 0.234.